The van der Waals surface area contributed by atoms with Crippen LogP contribution in [0, 0.1) is 5.92 Å². The number of fused-ring (bicyclic) bond motifs is 4. The SMILES string of the molecule is CC1=C2C(=O)N(c3ccccc3)C(=O)[C@@H]2[C@H](C)c2[nH]c3ccccc3c21. The molecule has 1 aliphatic carbocycles. The van der Waals surface area contributed by atoms with E-state index in [4.69, 9.17) is 0 Å². The Bertz CT molecular complexity index is 1110. The lowest BCUT2D eigenvalue weighted by molar-refractivity contribution is -0.122. The van der Waals surface area contributed by atoms with E-state index in [1.54, 1.807) is 0 Å². The summed E-state index contributed by atoms with van der Waals surface area (Å²) in [5.74, 6) is -0.816. The number of para-hydroxylation sites is 2. The number of anilines is 1. The highest BCUT2D eigenvalue weighted by atomic mass is 16.2. The molecule has 0 bridgehead atoms. The number of amides is 2. The van der Waals surface area contributed by atoms with Gasteiger partial charge in [-0.2, -0.15) is 0 Å². The molecule has 2 heterocycles. The van der Waals surface area contributed by atoms with Crippen molar-refractivity contribution in [1.82, 2.24) is 4.98 Å². The molecule has 5 rings (SSSR count). The highest BCUT2D eigenvalue weighted by Crippen LogP contribution is 2.49. The summed E-state index contributed by atoms with van der Waals surface area (Å²) in [5.41, 5.74) is 5.37. The Hall–Kier alpha value is -3.14. The molecule has 2 atom stereocenters. The van der Waals surface area contributed by atoms with E-state index in [-0.39, 0.29) is 17.7 Å². The van der Waals surface area contributed by atoms with E-state index in [0.29, 0.717) is 11.3 Å². The first-order valence-corrected chi connectivity index (χ1v) is 8.84. The van der Waals surface area contributed by atoms with Crippen LogP contribution in [-0.4, -0.2) is 16.8 Å². The maximum atomic E-state index is 13.2. The second kappa shape index (κ2) is 5.18. The Kier molecular flexibility index (Phi) is 3.02. The summed E-state index contributed by atoms with van der Waals surface area (Å²) >= 11 is 0. The van der Waals surface area contributed by atoms with Crippen LogP contribution in [0.15, 0.2) is 60.2 Å². The van der Waals surface area contributed by atoms with Gasteiger partial charge in [-0.05, 0) is 30.7 Å². The molecule has 2 aromatic carbocycles. The molecule has 3 aromatic rings. The number of carbonyl (C=O) groups excluding carboxylic acids is 2. The maximum absolute atomic E-state index is 13.2. The standard InChI is InChI=1S/C22H18N2O2/c1-12-17-15-10-6-7-11-16(15)23-20(17)13(2)19-18(12)21(25)24(22(19)26)14-8-4-3-5-9-14/h3-11,13,19,23H,1-2H3/t13-,19+/m0/s1. The van der Waals surface area contributed by atoms with Gasteiger partial charge in [0.25, 0.3) is 5.91 Å². The van der Waals surface area contributed by atoms with Crippen LogP contribution in [-0.2, 0) is 9.59 Å². The molecule has 4 nitrogen and oxygen atoms in total. The van der Waals surface area contributed by atoms with E-state index < -0.39 is 5.92 Å². The van der Waals surface area contributed by atoms with Crippen LogP contribution in [0.5, 0.6) is 0 Å². The fourth-order valence-electron chi connectivity index (χ4n) is 4.50. The van der Waals surface area contributed by atoms with Crippen LogP contribution in [0.4, 0.5) is 5.69 Å². The van der Waals surface area contributed by atoms with Crippen molar-refractivity contribution >= 4 is 34.0 Å². The first-order valence-electron chi connectivity index (χ1n) is 8.84. The highest BCUT2D eigenvalue weighted by Gasteiger charge is 2.51. The molecule has 0 radical (unpaired) electrons. The lowest BCUT2D eigenvalue weighted by atomic mass is 9.76. The second-order valence-corrected chi connectivity index (χ2v) is 7.08. The molecule has 2 amide bonds. The Labute approximate surface area is 151 Å². The normalized spacial score (nSPS) is 22.2. The van der Waals surface area contributed by atoms with Gasteiger partial charge in [0.1, 0.15) is 0 Å². The predicted octanol–water partition coefficient (Wildman–Crippen LogP) is 4.25. The number of allylic oxidation sites excluding steroid dienone is 1. The van der Waals surface area contributed by atoms with Crippen molar-refractivity contribution in [3.05, 3.63) is 71.4 Å². The molecule has 128 valence electrons. The van der Waals surface area contributed by atoms with Gasteiger partial charge >= 0.3 is 0 Å². The lowest BCUT2D eigenvalue weighted by Gasteiger charge is -2.25. The van der Waals surface area contributed by atoms with Crippen molar-refractivity contribution in [2.45, 2.75) is 19.8 Å². The largest absolute Gasteiger partial charge is 0.358 e. The Morgan fingerprint density at radius 1 is 0.962 bits per heavy atom. The van der Waals surface area contributed by atoms with Crippen LogP contribution in [0.25, 0.3) is 16.5 Å². The Balaban J connectivity index is 1.75. The van der Waals surface area contributed by atoms with Crippen LogP contribution >= 0.6 is 0 Å². The zero-order chi connectivity index (χ0) is 18.0. The zero-order valence-electron chi connectivity index (χ0n) is 14.6. The summed E-state index contributed by atoms with van der Waals surface area (Å²) in [7, 11) is 0. The molecule has 1 aromatic heterocycles. The Morgan fingerprint density at radius 3 is 2.42 bits per heavy atom. The molecule has 1 saturated heterocycles. The number of nitrogens with one attached hydrogen (secondary N) is 1. The average molecular weight is 342 g/mol. The van der Waals surface area contributed by atoms with E-state index in [1.807, 2.05) is 62.4 Å². The Morgan fingerprint density at radius 2 is 1.65 bits per heavy atom. The number of carbonyl (C=O) groups is 2. The second-order valence-electron chi connectivity index (χ2n) is 7.08. The van der Waals surface area contributed by atoms with Gasteiger partial charge in [-0.3, -0.25) is 9.59 Å². The lowest BCUT2D eigenvalue weighted by Crippen LogP contribution is -2.31. The molecule has 4 heteroatoms. The molecule has 0 spiro atoms. The van der Waals surface area contributed by atoms with Crippen molar-refractivity contribution in [2.24, 2.45) is 5.92 Å². The van der Waals surface area contributed by atoms with Gasteiger partial charge < -0.3 is 4.98 Å². The van der Waals surface area contributed by atoms with Crippen molar-refractivity contribution in [3.8, 4) is 0 Å². The van der Waals surface area contributed by atoms with Crippen molar-refractivity contribution in [2.75, 3.05) is 4.90 Å². The van der Waals surface area contributed by atoms with Gasteiger partial charge in [0.05, 0.1) is 11.6 Å². The number of rotatable bonds is 1. The number of hydrogen-bond acceptors (Lipinski definition) is 2. The zero-order valence-corrected chi connectivity index (χ0v) is 14.6. The first-order chi connectivity index (χ1) is 12.6. The van der Waals surface area contributed by atoms with Gasteiger partial charge in [0, 0.05) is 33.7 Å². The smallest absolute Gasteiger partial charge is 0.262 e. The number of aromatic nitrogens is 1. The van der Waals surface area contributed by atoms with Gasteiger partial charge in [0.2, 0.25) is 5.91 Å². The molecular formula is C22H18N2O2. The van der Waals surface area contributed by atoms with Crippen molar-refractivity contribution < 1.29 is 9.59 Å². The molecular weight excluding hydrogens is 324 g/mol. The number of hydrogen-bond donors (Lipinski definition) is 1. The molecule has 2 aliphatic rings. The minimum Gasteiger partial charge on any atom is -0.358 e. The van der Waals surface area contributed by atoms with Crippen LogP contribution < -0.4 is 4.90 Å². The third kappa shape index (κ3) is 1.79. The topological polar surface area (TPSA) is 53.2 Å². The number of benzene rings is 2. The van der Waals surface area contributed by atoms with Gasteiger partial charge in [-0.1, -0.05) is 43.3 Å². The van der Waals surface area contributed by atoms with E-state index in [9.17, 15) is 9.59 Å². The van der Waals surface area contributed by atoms with Crippen molar-refractivity contribution in [1.29, 1.82) is 0 Å². The predicted molar refractivity (Wildman–Crippen MR) is 102 cm³/mol. The maximum Gasteiger partial charge on any atom is 0.262 e. The molecule has 1 fully saturated rings. The molecule has 0 unspecified atom stereocenters. The van der Waals surface area contributed by atoms with Crippen LogP contribution in [0.3, 0.4) is 0 Å². The summed E-state index contributed by atoms with van der Waals surface area (Å²) in [6.07, 6.45) is 0. The highest BCUT2D eigenvalue weighted by molar-refractivity contribution is 6.32. The van der Waals surface area contributed by atoms with E-state index in [1.165, 1.54) is 4.90 Å². The quantitative estimate of drug-likeness (QED) is 0.672. The molecule has 1 N–H and O–H groups in total. The summed E-state index contributed by atoms with van der Waals surface area (Å²) in [5, 5.41) is 1.11. The molecule has 0 saturated carbocycles. The summed E-state index contributed by atoms with van der Waals surface area (Å²) < 4.78 is 0. The summed E-state index contributed by atoms with van der Waals surface area (Å²) in [6.45, 7) is 4.00. The fourth-order valence-corrected chi connectivity index (χ4v) is 4.50. The van der Waals surface area contributed by atoms with E-state index in [0.717, 1.165) is 27.7 Å². The van der Waals surface area contributed by atoms with Gasteiger partial charge in [-0.15, -0.1) is 0 Å². The van der Waals surface area contributed by atoms with Crippen LogP contribution in [0.2, 0.25) is 0 Å². The number of aromatic amines is 1. The number of nitrogens with zero attached hydrogens (tertiary/aromatic N) is 1. The van der Waals surface area contributed by atoms with E-state index >= 15 is 0 Å². The molecule has 1 aliphatic heterocycles. The third-order valence-corrected chi connectivity index (χ3v) is 5.71. The molecule has 26 heavy (non-hydrogen) atoms. The van der Waals surface area contributed by atoms with Gasteiger partial charge in [-0.25, -0.2) is 4.90 Å². The van der Waals surface area contributed by atoms with Crippen LogP contribution in [0.1, 0.15) is 31.0 Å². The number of imide groups is 1. The summed E-state index contributed by atoms with van der Waals surface area (Å²) in [6, 6.07) is 17.3. The van der Waals surface area contributed by atoms with Crippen molar-refractivity contribution in [3.63, 3.8) is 0 Å². The average Bonchev–Trinajstić information content (AvgIpc) is 3.17. The minimum atomic E-state index is -0.428. The monoisotopic (exact) mass is 342 g/mol. The first kappa shape index (κ1) is 15.1. The van der Waals surface area contributed by atoms with E-state index in [2.05, 4.69) is 11.1 Å². The minimum absolute atomic E-state index is 0.0683. The number of H-pyrrole nitrogens is 1. The van der Waals surface area contributed by atoms with Gasteiger partial charge in [0.15, 0.2) is 0 Å². The fraction of sp³-hybridized carbons (Fsp3) is 0.182. The summed E-state index contributed by atoms with van der Waals surface area (Å²) in [4.78, 5) is 31.2. The third-order valence-electron chi connectivity index (χ3n) is 5.71.